The first kappa shape index (κ1) is 12.2. The summed E-state index contributed by atoms with van der Waals surface area (Å²) in [7, 11) is 0. The van der Waals surface area contributed by atoms with Gasteiger partial charge in [0.05, 0.1) is 11.1 Å². The van der Waals surface area contributed by atoms with Gasteiger partial charge in [-0.2, -0.15) is 18.4 Å². The fraction of sp³-hybridized carbons (Fsp3) is 0.250. The summed E-state index contributed by atoms with van der Waals surface area (Å²) in [4.78, 5) is 12.4. The Bertz CT molecular complexity index is 497. The van der Waals surface area contributed by atoms with E-state index in [0.717, 1.165) is 6.07 Å². The van der Waals surface area contributed by atoms with Crippen molar-refractivity contribution in [3.05, 3.63) is 33.2 Å². The molecule has 0 aliphatic heterocycles. The largest absolute Gasteiger partial charge is 0.423 e. The number of alkyl halides is 5. The summed E-state index contributed by atoms with van der Waals surface area (Å²) in [6.45, 7) is 0. The van der Waals surface area contributed by atoms with Crippen LogP contribution in [0.3, 0.4) is 0 Å². The molecular formula is C8H3F5N2O. The molecule has 86 valence electrons. The van der Waals surface area contributed by atoms with Crippen molar-refractivity contribution >= 4 is 0 Å². The van der Waals surface area contributed by atoms with Crippen LogP contribution in [0.2, 0.25) is 0 Å². The van der Waals surface area contributed by atoms with E-state index in [4.69, 9.17) is 5.26 Å². The summed E-state index contributed by atoms with van der Waals surface area (Å²) in [6.07, 6.45) is -8.02. The first-order chi connectivity index (χ1) is 7.29. The Kier molecular flexibility index (Phi) is 2.98. The van der Waals surface area contributed by atoms with Gasteiger partial charge in [-0.3, -0.25) is 4.79 Å². The number of rotatable bonds is 1. The van der Waals surface area contributed by atoms with Gasteiger partial charge in [0.1, 0.15) is 11.6 Å². The van der Waals surface area contributed by atoms with E-state index in [1.807, 2.05) is 0 Å². The average Bonchev–Trinajstić information content (AvgIpc) is 2.14. The highest BCUT2D eigenvalue weighted by Crippen LogP contribution is 2.32. The molecule has 0 radical (unpaired) electrons. The second-order valence-corrected chi connectivity index (χ2v) is 2.73. The third kappa shape index (κ3) is 2.03. The third-order valence-electron chi connectivity index (χ3n) is 1.75. The Morgan fingerprint density at radius 1 is 1.38 bits per heavy atom. The zero-order valence-electron chi connectivity index (χ0n) is 7.40. The van der Waals surface area contributed by atoms with Crippen molar-refractivity contribution in [1.82, 2.24) is 4.98 Å². The van der Waals surface area contributed by atoms with Crippen LogP contribution in [0.5, 0.6) is 0 Å². The molecule has 0 aromatic carbocycles. The molecule has 0 bridgehead atoms. The van der Waals surface area contributed by atoms with E-state index in [-0.39, 0.29) is 0 Å². The molecular weight excluding hydrogens is 235 g/mol. The number of nitrogens with zero attached hydrogens (tertiary/aromatic N) is 1. The second-order valence-electron chi connectivity index (χ2n) is 2.73. The van der Waals surface area contributed by atoms with Gasteiger partial charge >= 0.3 is 6.18 Å². The second kappa shape index (κ2) is 3.92. The Hall–Kier alpha value is -1.91. The molecule has 0 amide bonds. The molecule has 0 aliphatic rings. The standard InChI is InChI=1S/C8H3F5N2O/c9-6(10)4-2-15-7(16)5(3(4)1-14)8(11,12)13/h2,6H,(H,15,16). The molecule has 1 aromatic rings. The Morgan fingerprint density at radius 2 is 1.94 bits per heavy atom. The van der Waals surface area contributed by atoms with Gasteiger partial charge in [-0.15, -0.1) is 0 Å². The van der Waals surface area contributed by atoms with Crippen LogP contribution in [-0.4, -0.2) is 4.98 Å². The van der Waals surface area contributed by atoms with Crippen LogP contribution in [0.4, 0.5) is 22.0 Å². The lowest BCUT2D eigenvalue weighted by atomic mass is 10.1. The predicted molar refractivity (Wildman–Crippen MR) is 41.7 cm³/mol. The van der Waals surface area contributed by atoms with Crippen molar-refractivity contribution < 1.29 is 22.0 Å². The van der Waals surface area contributed by atoms with Crippen LogP contribution in [-0.2, 0) is 6.18 Å². The van der Waals surface area contributed by atoms with Crippen molar-refractivity contribution in [3.8, 4) is 6.07 Å². The van der Waals surface area contributed by atoms with Crippen molar-refractivity contribution in [2.24, 2.45) is 0 Å². The predicted octanol–water partition coefficient (Wildman–Crippen LogP) is 2.20. The molecule has 0 spiro atoms. The van der Waals surface area contributed by atoms with Gasteiger partial charge < -0.3 is 4.98 Å². The third-order valence-corrected chi connectivity index (χ3v) is 1.75. The van der Waals surface area contributed by atoms with Gasteiger partial charge in [-0.1, -0.05) is 0 Å². The van der Waals surface area contributed by atoms with Gasteiger partial charge in [0.25, 0.3) is 12.0 Å². The van der Waals surface area contributed by atoms with E-state index >= 15 is 0 Å². The Morgan fingerprint density at radius 3 is 2.31 bits per heavy atom. The summed E-state index contributed by atoms with van der Waals surface area (Å²) in [6, 6.07) is 0.973. The van der Waals surface area contributed by atoms with Crippen molar-refractivity contribution in [2.75, 3.05) is 0 Å². The highest BCUT2D eigenvalue weighted by Gasteiger charge is 2.39. The van der Waals surface area contributed by atoms with E-state index in [0.29, 0.717) is 6.20 Å². The maximum absolute atomic E-state index is 12.3. The van der Waals surface area contributed by atoms with E-state index in [2.05, 4.69) is 0 Å². The smallest absolute Gasteiger partial charge is 0.328 e. The summed E-state index contributed by atoms with van der Waals surface area (Å²) >= 11 is 0. The first-order valence-electron chi connectivity index (χ1n) is 3.80. The zero-order chi connectivity index (χ0) is 12.5. The molecule has 0 fully saturated rings. The maximum Gasteiger partial charge on any atom is 0.423 e. The fourth-order valence-corrected chi connectivity index (χ4v) is 1.11. The molecule has 0 atom stereocenters. The van der Waals surface area contributed by atoms with Crippen molar-refractivity contribution in [2.45, 2.75) is 12.6 Å². The number of halogens is 5. The zero-order valence-corrected chi connectivity index (χ0v) is 7.40. The molecule has 3 nitrogen and oxygen atoms in total. The average molecular weight is 238 g/mol. The molecule has 0 saturated heterocycles. The van der Waals surface area contributed by atoms with Crippen LogP contribution >= 0.6 is 0 Å². The number of pyridine rings is 1. The number of aromatic amines is 1. The molecule has 0 saturated carbocycles. The molecule has 8 heteroatoms. The normalized spacial score (nSPS) is 11.6. The quantitative estimate of drug-likeness (QED) is 0.762. The molecule has 1 rings (SSSR count). The van der Waals surface area contributed by atoms with Crippen LogP contribution in [0.25, 0.3) is 0 Å². The summed E-state index contributed by atoms with van der Waals surface area (Å²) in [5, 5.41) is 8.40. The van der Waals surface area contributed by atoms with Gasteiger partial charge in [0, 0.05) is 6.20 Å². The summed E-state index contributed by atoms with van der Waals surface area (Å²) in [5.41, 5.74) is -6.00. The number of nitriles is 1. The monoisotopic (exact) mass is 238 g/mol. The van der Waals surface area contributed by atoms with Gasteiger partial charge in [-0.25, -0.2) is 8.78 Å². The van der Waals surface area contributed by atoms with Crippen LogP contribution in [0, 0.1) is 11.3 Å². The number of aromatic nitrogens is 1. The lowest BCUT2D eigenvalue weighted by Gasteiger charge is -2.10. The van der Waals surface area contributed by atoms with E-state index < -0.39 is 34.9 Å². The number of H-pyrrole nitrogens is 1. The number of hydrogen-bond donors (Lipinski definition) is 1. The molecule has 1 heterocycles. The minimum atomic E-state index is -5.15. The fourth-order valence-electron chi connectivity index (χ4n) is 1.11. The molecule has 0 aliphatic carbocycles. The molecule has 1 N–H and O–H groups in total. The first-order valence-corrected chi connectivity index (χ1v) is 3.80. The Labute approximate surface area is 85.1 Å². The molecule has 0 unspecified atom stereocenters. The van der Waals surface area contributed by atoms with Crippen LogP contribution in [0.15, 0.2) is 11.0 Å². The molecule has 1 aromatic heterocycles. The lowest BCUT2D eigenvalue weighted by molar-refractivity contribution is -0.139. The maximum atomic E-state index is 12.3. The van der Waals surface area contributed by atoms with Crippen LogP contribution in [0.1, 0.15) is 23.1 Å². The number of nitrogens with one attached hydrogen (secondary N) is 1. The summed E-state index contributed by atoms with van der Waals surface area (Å²) < 4.78 is 61.5. The van der Waals surface area contributed by atoms with Gasteiger partial charge in [0.2, 0.25) is 0 Å². The van der Waals surface area contributed by atoms with E-state index in [1.165, 1.54) is 4.98 Å². The van der Waals surface area contributed by atoms with Crippen molar-refractivity contribution in [1.29, 1.82) is 5.26 Å². The molecule has 16 heavy (non-hydrogen) atoms. The van der Waals surface area contributed by atoms with E-state index in [9.17, 15) is 26.7 Å². The summed E-state index contributed by atoms with van der Waals surface area (Å²) in [5.74, 6) is 0. The topological polar surface area (TPSA) is 56.6 Å². The lowest BCUT2D eigenvalue weighted by Crippen LogP contribution is -2.24. The Balaban J connectivity index is 3.67. The van der Waals surface area contributed by atoms with Crippen LogP contribution < -0.4 is 5.56 Å². The minimum absolute atomic E-state index is 0.404. The minimum Gasteiger partial charge on any atom is -0.328 e. The highest BCUT2D eigenvalue weighted by atomic mass is 19.4. The highest BCUT2D eigenvalue weighted by molar-refractivity contribution is 5.44. The van der Waals surface area contributed by atoms with Gasteiger partial charge in [0.15, 0.2) is 0 Å². The van der Waals surface area contributed by atoms with Gasteiger partial charge in [-0.05, 0) is 0 Å². The van der Waals surface area contributed by atoms with E-state index in [1.54, 1.807) is 0 Å². The van der Waals surface area contributed by atoms with Crippen molar-refractivity contribution in [3.63, 3.8) is 0 Å². The SMILES string of the molecule is N#Cc1c(C(F)F)c[nH]c(=O)c1C(F)(F)F. The number of hydrogen-bond acceptors (Lipinski definition) is 2.